The lowest BCUT2D eigenvalue weighted by Gasteiger charge is -2.09. The standard InChI is InChI=1S/C19H12Cl2N2O4/c1-26-15-6-9(4-5-22-15)16-17(14-8-13(24)18(16)27-14)19(25)23-10-2-3-11(20)12(21)7-10/h2-8,24H,1H3,(H,23,25). The van der Waals surface area contributed by atoms with E-state index in [1.165, 1.54) is 13.2 Å². The summed E-state index contributed by atoms with van der Waals surface area (Å²) in [6, 6.07) is 9.55. The predicted molar refractivity (Wildman–Crippen MR) is 103 cm³/mol. The summed E-state index contributed by atoms with van der Waals surface area (Å²) in [4.78, 5) is 17.0. The van der Waals surface area contributed by atoms with Crippen molar-refractivity contribution < 1.29 is 19.1 Å². The summed E-state index contributed by atoms with van der Waals surface area (Å²) in [5.74, 6) is -0.0733. The molecule has 0 aliphatic heterocycles. The molecular weight excluding hydrogens is 391 g/mol. The van der Waals surface area contributed by atoms with Crippen LogP contribution in [-0.4, -0.2) is 23.1 Å². The van der Waals surface area contributed by atoms with Gasteiger partial charge < -0.3 is 19.6 Å². The van der Waals surface area contributed by atoms with Gasteiger partial charge in [0.25, 0.3) is 5.91 Å². The summed E-state index contributed by atoms with van der Waals surface area (Å²) in [5.41, 5.74) is 2.36. The molecule has 136 valence electrons. The topological polar surface area (TPSA) is 84.6 Å². The third-order valence-electron chi connectivity index (χ3n) is 4.07. The van der Waals surface area contributed by atoms with Crippen molar-refractivity contribution in [3.63, 3.8) is 0 Å². The zero-order chi connectivity index (χ0) is 19.1. The van der Waals surface area contributed by atoms with Crippen LogP contribution in [0.2, 0.25) is 10.0 Å². The monoisotopic (exact) mass is 402 g/mol. The van der Waals surface area contributed by atoms with E-state index in [1.54, 1.807) is 36.5 Å². The number of nitrogens with one attached hydrogen (secondary N) is 1. The Labute approximate surface area is 163 Å². The van der Waals surface area contributed by atoms with Crippen molar-refractivity contribution in [3.8, 4) is 22.8 Å². The van der Waals surface area contributed by atoms with Crippen molar-refractivity contribution >= 4 is 46.0 Å². The molecule has 3 heterocycles. The van der Waals surface area contributed by atoms with E-state index in [4.69, 9.17) is 32.4 Å². The largest absolute Gasteiger partial charge is 0.504 e. The van der Waals surface area contributed by atoms with Crippen molar-refractivity contribution in [2.24, 2.45) is 0 Å². The Hall–Kier alpha value is -2.96. The molecule has 4 aromatic rings. The second-order valence-electron chi connectivity index (χ2n) is 5.74. The fraction of sp³-hybridized carbons (Fsp3) is 0.0526. The van der Waals surface area contributed by atoms with E-state index in [2.05, 4.69) is 10.3 Å². The first kappa shape index (κ1) is 17.5. The number of ether oxygens (including phenoxy) is 1. The summed E-state index contributed by atoms with van der Waals surface area (Å²) in [5, 5.41) is 13.5. The van der Waals surface area contributed by atoms with Gasteiger partial charge in [-0.3, -0.25) is 4.79 Å². The molecule has 8 heteroatoms. The van der Waals surface area contributed by atoms with Gasteiger partial charge in [0.1, 0.15) is 5.58 Å². The molecule has 0 saturated heterocycles. The smallest absolute Gasteiger partial charge is 0.260 e. The van der Waals surface area contributed by atoms with Crippen LogP contribution in [0, 0.1) is 0 Å². The molecule has 4 rings (SSSR count). The quantitative estimate of drug-likeness (QED) is 0.489. The van der Waals surface area contributed by atoms with Crippen LogP contribution < -0.4 is 10.1 Å². The highest BCUT2D eigenvalue weighted by molar-refractivity contribution is 6.42. The maximum absolute atomic E-state index is 12.9. The van der Waals surface area contributed by atoms with Crippen LogP contribution in [0.3, 0.4) is 0 Å². The van der Waals surface area contributed by atoms with E-state index in [1.807, 2.05) is 0 Å². The molecule has 0 atom stereocenters. The molecule has 0 aliphatic carbocycles. The number of amides is 1. The number of halogens is 2. The minimum atomic E-state index is -0.409. The number of aromatic nitrogens is 1. The number of carbonyl (C=O) groups is 1. The van der Waals surface area contributed by atoms with Gasteiger partial charge in [-0.25, -0.2) is 4.98 Å². The Morgan fingerprint density at radius 1 is 1.19 bits per heavy atom. The number of hydrogen-bond donors (Lipinski definition) is 2. The lowest BCUT2D eigenvalue weighted by molar-refractivity contribution is 0.102. The second-order valence-corrected chi connectivity index (χ2v) is 6.56. The maximum atomic E-state index is 12.9. The predicted octanol–water partition coefficient (Wildman–Crippen LogP) is 5.21. The molecule has 0 fully saturated rings. The van der Waals surface area contributed by atoms with Crippen LogP contribution in [0.5, 0.6) is 11.6 Å². The van der Waals surface area contributed by atoms with Crippen LogP contribution in [-0.2, 0) is 0 Å². The normalized spacial score (nSPS) is 11.1. The Morgan fingerprint density at radius 3 is 2.74 bits per heavy atom. The SMILES string of the molecule is COc1cc(-c2c(C(=O)Nc3ccc(Cl)c(Cl)c3)c3cc(O)c2o3)ccn1. The summed E-state index contributed by atoms with van der Waals surface area (Å²) >= 11 is 11.9. The lowest BCUT2D eigenvalue weighted by Crippen LogP contribution is -2.12. The fourth-order valence-corrected chi connectivity index (χ4v) is 3.16. The van der Waals surface area contributed by atoms with Crippen LogP contribution in [0.4, 0.5) is 5.69 Å². The van der Waals surface area contributed by atoms with Gasteiger partial charge in [-0.05, 0) is 29.8 Å². The summed E-state index contributed by atoms with van der Waals surface area (Å²) < 4.78 is 10.7. The minimum Gasteiger partial charge on any atom is -0.504 e. The maximum Gasteiger partial charge on any atom is 0.260 e. The number of furan rings is 2. The zero-order valence-electron chi connectivity index (χ0n) is 13.9. The molecule has 2 N–H and O–H groups in total. The number of methoxy groups -OCH3 is 1. The number of pyridine rings is 1. The highest BCUT2D eigenvalue weighted by Crippen LogP contribution is 2.43. The van der Waals surface area contributed by atoms with Gasteiger partial charge in [0.05, 0.1) is 22.7 Å². The molecule has 0 saturated carbocycles. The number of nitrogens with zero attached hydrogens (tertiary/aromatic N) is 1. The Bertz CT molecular complexity index is 1160. The molecule has 0 aliphatic rings. The van der Waals surface area contributed by atoms with E-state index < -0.39 is 5.91 Å². The first-order valence-corrected chi connectivity index (χ1v) is 8.58. The van der Waals surface area contributed by atoms with Gasteiger partial charge in [0, 0.05) is 29.6 Å². The van der Waals surface area contributed by atoms with Crippen molar-refractivity contribution in [1.82, 2.24) is 4.98 Å². The third-order valence-corrected chi connectivity index (χ3v) is 4.81. The number of aromatic hydroxyl groups is 1. The fourth-order valence-electron chi connectivity index (χ4n) is 2.87. The first-order chi connectivity index (χ1) is 13.0. The molecule has 0 radical (unpaired) electrons. The first-order valence-electron chi connectivity index (χ1n) is 7.82. The van der Waals surface area contributed by atoms with Crippen LogP contribution in [0.15, 0.2) is 47.0 Å². The van der Waals surface area contributed by atoms with Crippen LogP contribution in [0.1, 0.15) is 10.4 Å². The molecule has 2 bridgehead atoms. The summed E-state index contributed by atoms with van der Waals surface area (Å²) in [6.07, 6.45) is 1.55. The number of phenolic OH excluding ortho intramolecular Hbond substituents is 1. The number of anilines is 1. The van der Waals surface area contributed by atoms with Crippen molar-refractivity contribution in [2.45, 2.75) is 0 Å². The van der Waals surface area contributed by atoms with Gasteiger partial charge in [0.15, 0.2) is 11.3 Å². The second kappa shape index (κ2) is 6.64. The van der Waals surface area contributed by atoms with Crippen molar-refractivity contribution in [3.05, 3.63) is 58.2 Å². The highest BCUT2D eigenvalue weighted by Gasteiger charge is 2.27. The van der Waals surface area contributed by atoms with Gasteiger partial charge in [-0.15, -0.1) is 0 Å². The molecule has 0 unspecified atom stereocenters. The number of rotatable bonds is 4. The van der Waals surface area contributed by atoms with E-state index in [0.29, 0.717) is 38.3 Å². The summed E-state index contributed by atoms with van der Waals surface area (Å²) in [7, 11) is 1.49. The molecule has 3 aromatic heterocycles. The minimum absolute atomic E-state index is 0.0399. The summed E-state index contributed by atoms with van der Waals surface area (Å²) in [6.45, 7) is 0. The zero-order valence-corrected chi connectivity index (χ0v) is 15.4. The highest BCUT2D eigenvalue weighted by atomic mass is 35.5. The van der Waals surface area contributed by atoms with E-state index in [0.717, 1.165) is 0 Å². The lowest BCUT2D eigenvalue weighted by atomic mass is 9.99. The van der Waals surface area contributed by atoms with Crippen LogP contribution in [0.25, 0.3) is 22.3 Å². The average molecular weight is 403 g/mol. The van der Waals surface area contributed by atoms with Crippen molar-refractivity contribution in [1.29, 1.82) is 0 Å². The van der Waals surface area contributed by atoms with Crippen molar-refractivity contribution in [2.75, 3.05) is 12.4 Å². The van der Waals surface area contributed by atoms with Gasteiger partial charge >= 0.3 is 0 Å². The molecule has 27 heavy (non-hydrogen) atoms. The van der Waals surface area contributed by atoms with Gasteiger partial charge in [-0.2, -0.15) is 0 Å². The average Bonchev–Trinajstić information content (AvgIpc) is 3.21. The number of benzene rings is 2. The van der Waals surface area contributed by atoms with E-state index in [9.17, 15) is 9.90 Å². The molecule has 0 spiro atoms. The van der Waals surface area contributed by atoms with Gasteiger partial charge in [0.2, 0.25) is 5.88 Å². The molecule has 1 amide bonds. The number of hydrogen-bond acceptors (Lipinski definition) is 5. The van der Waals surface area contributed by atoms with Gasteiger partial charge in [-0.1, -0.05) is 23.2 Å². The Kier molecular flexibility index (Phi) is 4.30. The Balaban J connectivity index is 1.79. The number of fused-ring (bicyclic) bond motifs is 2. The van der Waals surface area contributed by atoms with Crippen LogP contribution >= 0.6 is 23.2 Å². The number of phenols is 1. The molecule has 6 nitrogen and oxygen atoms in total. The number of carbonyl (C=O) groups excluding carboxylic acids is 1. The van der Waals surface area contributed by atoms with E-state index in [-0.39, 0.29) is 16.9 Å². The molecular formula is C19H12Cl2N2O4. The van der Waals surface area contributed by atoms with E-state index >= 15 is 0 Å². The Morgan fingerprint density at radius 2 is 2.00 bits per heavy atom. The molecule has 1 aromatic carbocycles. The third kappa shape index (κ3) is 3.03.